The van der Waals surface area contributed by atoms with Crippen LogP contribution < -0.4 is 0 Å². The van der Waals surface area contributed by atoms with E-state index >= 15 is 0 Å². The Morgan fingerprint density at radius 1 is 1.50 bits per heavy atom. The minimum Gasteiger partial charge on any atom is -0.372 e. The molecule has 1 aliphatic carbocycles. The minimum absolute atomic E-state index is 0.456. The molecule has 2 heteroatoms. The van der Waals surface area contributed by atoms with Crippen molar-refractivity contribution in [3.8, 4) is 0 Å². The topological polar surface area (TPSA) is 22.1 Å². The van der Waals surface area contributed by atoms with Crippen LogP contribution in [-0.4, -0.2) is 11.1 Å². The van der Waals surface area contributed by atoms with Gasteiger partial charge in [-0.3, -0.25) is 4.98 Å². The van der Waals surface area contributed by atoms with Crippen molar-refractivity contribution in [1.82, 2.24) is 4.98 Å². The Balaban J connectivity index is 1.81. The van der Waals surface area contributed by atoms with Crippen molar-refractivity contribution in [3.05, 3.63) is 30.1 Å². The monoisotopic (exact) mass is 191 g/mol. The first-order chi connectivity index (χ1) is 6.90. The van der Waals surface area contributed by atoms with Gasteiger partial charge in [-0.2, -0.15) is 0 Å². The average molecular weight is 191 g/mol. The van der Waals surface area contributed by atoms with Crippen LogP contribution in [0, 0.1) is 5.92 Å². The number of rotatable bonds is 5. The largest absolute Gasteiger partial charge is 0.372 e. The van der Waals surface area contributed by atoms with Crippen LogP contribution in [0.3, 0.4) is 0 Å². The van der Waals surface area contributed by atoms with Crippen LogP contribution in [0.5, 0.6) is 0 Å². The van der Waals surface area contributed by atoms with Gasteiger partial charge in [0.1, 0.15) is 0 Å². The number of hydrogen-bond acceptors (Lipinski definition) is 2. The normalized spacial score (nSPS) is 18.1. The maximum atomic E-state index is 5.84. The number of pyridine rings is 1. The van der Waals surface area contributed by atoms with Crippen molar-refractivity contribution < 1.29 is 4.74 Å². The van der Waals surface area contributed by atoms with Gasteiger partial charge in [0.2, 0.25) is 0 Å². The minimum atomic E-state index is 0.456. The molecule has 1 fully saturated rings. The van der Waals surface area contributed by atoms with Crippen molar-refractivity contribution in [3.63, 3.8) is 0 Å². The third-order valence-corrected chi connectivity index (χ3v) is 2.72. The molecular weight excluding hydrogens is 174 g/mol. The summed E-state index contributed by atoms with van der Waals surface area (Å²) in [5.74, 6) is 0.823. The van der Waals surface area contributed by atoms with Crippen molar-refractivity contribution in [1.29, 1.82) is 0 Å². The fraction of sp³-hybridized carbons (Fsp3) is 0.583. The molecule has 1 saturated carbocycles. The molecule has 14 heavy (non-hydrogen) atoms. The highest BCUT2D eigenvalue weighted by atomic mass is 16.5. The summed E-state index contributed by atoms with van der Waals surface area (Å²) in [6.07, 6.45) is 6.09. The second kappa shape index (κ2) is 4.56. The number of hydrogen-bond donors (Lipinski definition) is 0. The Bertz CT molecular complexity index is 269. The fourth-order valence-corrected chi connectivity index (χ4v) is 1.73. The van der Waals surface area contributed by atoms with E-state index in [1.54, 1.807) is 0 Å². The summed E-state index contributed by atoms with van der Waals surface area (Å²) < 4.78 is 5.84. The van der Waals surface area contributed by atoms with Crippen LogP contribution >= 0.6 is 0 Å². The predicted molar refractivity (Wildman–Crippen MR) is 55.8 cm³/mol. The third-order valence-electron chi connectivity index (χ3n) is 2.72. The molecule has 0 radical (unpaired) electrons. The molecule has 76 valence electrons. The molecule has 0 spiro atoms. The average Bonchev–Trinajstić information content (AvgIpc) is 3.05. The maximum absolute atomic E-state index is 5.84. The van der Waals surface area contributed by atoms with Gasteiger partial charge in [0.05, 0.1) is 18.4 Å². The molecule has 1 atom stereocenters. The smallest absolute Gasteiger partial charge is 0.0891 e. The Morgan fingerprint density at radius 3 is 2.93 bits per heavy atom. The molecule has 1 unspecified atom stereocenters. The van der Waals surface area contributed by atoms with E-state index < -0.39 is 0 Å². The van der Waals surface area contributed by atoms with E-state index in [9.17, 15) is 0 Å². The molecular formula is C12H17NO. The van der Waals surface area contributed by atoms with Crippen molar-refractivity contribution in [2.75, 3.05) is 0 Å². The van der Waals surface area contributed by atoms with Gasteiger partial charge in [-0.15, -0.1) is 0 Å². The number of nitrogens with zero attached hydrogens (tertiary/aromatic N) is 1. The van der Waals surface area contributed by atoms with Crippen molar-refractivity contribution >= 4 is 0 Å². The van der Waals surface area contributed by atoms with E-state index in [0.717, 1.165) is 18.0 Å². The SMILES string of the molecule is CCC(OCc1ccccn1)C1CC1. The Labute approximate surface area is 85.3 Å². The molecule has 0 N–H and O–H groups in total. The lowest BCUT2D eigenvalue weighted by Crippen LogP contribution is -2.14. The van der Waals surface area contributed by atoms with Crippen LogP contribution in [0.2, 0.25) is 0 Å². The molecule has 0 bridgehead atoms. The summed E-state index contributed by atoms with van der Waals surface area (Å²) in [6, 6.07) is 5.95. The van der Waals surface area contributed by atoms with E-state index in [-0.39, 0.29) is 0 Å². The Hall–Kier alpha value is -0.890. The van der Waals surface area contributed by atoms with Crippen molar-refractivity contribution in [2.45, 2.75) is 38.9 Å². The van der Waals surface area contributed by atoms with Crippen LogP contribution in [0.25, 0.3) is 0 Å². The molecule has 0 aromatic carbocycles. The molecule has 0 amide bonds. The van der Waals surface area contributed by atoms with Crippen LogP contribution in [0.4, 0.5) is 0 Å². The summed E-state index contributed by atoms with van der Waals surface area (Å²) in [5, 5.41) is 0. The summed E-state index contributed by atoms with van der Waals surface area (Å²) in [6.45, 7) is 2.86. The first-order valence-electron chi connectivity index (χ1n) is 5.41. The lowest BCUT2D eigenvalue weighted by atomic mass is 10.2. The van der Waals surface area contributed by atoms with Gasteiger partial charge in [0.25, 0.3) is 0 Å². The summed E-state index contributed by atoms with van der Waals surface area (Å²) in [7, 11) is 0. The van der Waals surface area contributed by atoms with Crippen LogP contribution in [-0.2, 0) is 11.3 Å². The van der Waals surface area contributed by atoms with Gasteiger partial charge in [-0.05, 0) is 37.3 Å². The van der Waals surface area contributed by atoms with E-state index in [0.29, 0.717) is 12.7 Å². The number of ether oxygens (including phenoxy) is 1. The second-order valence-electron chi connectivity index (χ2n) is 3.92. The Morgan fingerprint density at radius 2 is 2.36 bits per heavy atom. The molecule has 1 aliphatic rings. The highest BCUT2D eigenvalue weighted by molar-refractivity contribution is 5.02. The first-order valence-corrected chi connectivity index (χ1v) is 5.41. The van der Waals surface area contributed by atoms with Gasteiger partial charge in [-0.1, -0.05) is 13.0 Å². The Kier molecular flexibility index (Phi) is 3.14. The highest BCUT2D eigenvalue weighted by Crippen LogP contribution is 2.35. The molecule has 1 aromatic heterocycles. The van der Waals surface area contributed by atoms with E-state index in [1.165, 1.54) is 12.8 Å². The second-order valence-corrected chi connectivity index (χ2v) is 3.92. The summed E-state index contributed by atoms with van der Waals surface area (Å²) >= 11 is 0. The third kappa shape index (κ3) is 2.55. The van der Waals surface area contributed by atoms with Crippen LogP contribution in [0.1, 0.15) is 31.9 Å². The van der Waals surface area contributed by atoms with Crippen molar-refractivity contribution in [2.24, 2.45) is 5.92 Å². The zero-order valence-corrected chi connectivity index (χ0v) is 8.65. The van der Waals surface area contributed by atoms with E-state index in [4.69, 9.17) is 4.74 Å². The quantitative estimate of drug-likeness (QED) is 0.714. The van der Waals surface area contributed by atoms with Crippen LogP contribution in [0.15, 0.2) is 24.4 Å². The lowest BCUT2D eigenvalue weighted by molar-refractivity contribution is 0.0219. The lowest BCUT2D eigenvalue weighted by Gasteiger charge is -2.14. The first kappa shape index (κ1) is 9.66. The predicted octanol–water partition coefficient (Wildman–Crippen LogP) is 2.79. The molecule has 0 aliphatic heterocycles. The zero-order chi connectivity index (χ0) is 9.80. The molecule has 0 saturated heterocycles. The van der Waals surface area contributed by atoms with E-state index in [1.807, 2.05) is 24.4 Å². The molecule has 1 heterocycles. The maximum Gasteiger partial charge on any atom is 0.0891 e. The van der Waals surface area contributed by atoms with Gasteiger partial charge in [0.15, 0.2) is 0 Å². The van der Waals surface area contributed by atoms with Gasteiger partial charge < -0.3 is 4.74 Å². The highest BCUT2D eigenvalue weighted by Gasteiger charge is 2.30. The standard InChI is InChI=1S/C12H17NO/c1-2-12(10-6-7-10)14-9-11-5-3-4-8-13-11/h3-5,8,10,12H,2,6-7,9H2,1H3. The van der Waals surface area contributed by atoms with E-state index in [2.05, 4.69) is 11.9 Å². The summed E-state index contributed by atoms with van der Waals surface area (Å²) in [5.41, 5.74) is 1.03. The summed E-state index contributed by atoms with van der Waals surface area (Å²) in [4.78, 5) is 4.24. The zero-order valence-electron chi connectivity index (χ0n) is 8.65. The molecule has 2 nitrogen and oxygen atoms in total. The number of aromatic nitrogens is 1. The van der Waals surface area contributed by atoms with Gasteiger partial charge in [0, 0.05) is 6.20 Å². The molecule has 1 aromatic rings. The van der Waals surface area contributed by atoms with Gasteiger partial charge >= 0.3 is 0 Å². The molecule has 2 rings (SSSR count). The van der Waals surface area contributed by atoms with Gasteiger partial charge in [-0.25, -0.2) is 0 Å². The fourth-order valence-electron chi connectivity index (χ4n) is 1.73.